The predicted molar refractivity (Wildman–Crippen MR) is 45.9 cm³/mol. The molecule has 0 unspecified atom stereocenters. The number of aryl methyl sites for hydroxylation is 1. The van der Waals surface area contributed by atoms with Gasteiger partial charge in [-0.1, -0.05) is 0 Å². The average molecular weight is 179 g/mol. The molecule has 1 heterocycles. The van der Waals surface area contributed by atoms with Gasteiger partial charge in [-0.3, -0.25) is 4.79 Å². The highest BCUT2D eigenvalue weighted by Gasteiger charge is 2.08. The largest absolute Gasteiger partial charge is 0.478 e. The minimum absolute atomic E-state index is 0.0951. The molecule has 4 nitrogen and oxygen atoms in total. The predicted octanol–water partition coefficient (Wildman–Crippen LogP) is 1.29. The molecule has 0 aliphatic carbocycles. The zero-order valence-electron chi connectivity index (χ0n) is 7.37. The van der Waals surface area contributed by atoms with E-state index in [9.17, 15) is 9.59 Å². The Labute approximate surface area is 75.2 Å². The third kappa shape index (κ3) is 2.11. The van der Waals surface area contributed by atoms with Crippen LogP contribution in [0, 0.1) is 6.92 Å². The maximum Gasteiger partial charge on any atom is 0.335 e. The fourth-order valence-corrected chi connectivity index (χ4v) is 0.972. The highest BCUT2D eigenvalue weighted by atomic mass is 16.4. The monoisotopic (exact) mass is 179 g/mol. The molecule has 0 saturated carbocycles. The van der Waals surface area contributed by atoms with Crippen LogP contribution in [0.5, 0.6) is 0 Å². The van der Waals surface area contributed by atoms with Crippen molar-refractivity contribution in [3.8, 4) is 0 Å². The van der Waals surface area contributed by atoms with Crippen LogP contribution in [0.15, 0.2) is 12.1 Å². The van der Waals surface area contributed by atoms with Crippen LogP contribution in [0.2, 0.25) is 0 Å². The van der Waals surface area contributed by atoms with E-state index in [0.717, 1.165) is 0 Å². The first-order valence-electron chi connectivity index (χ1n) is 3.73. The first-order chi connectivity index (χ1) is 6.00. The maximum absolute atomic E-state index is 10.9. The molecule has 0 radical (unpaired) electrons. The molecule has 1 aromatic heterocycles. The highest BCUT2D eigenvalue weighted by Crippen LogP contribution is 2.06. The highest BCUT2D eigenvalue weighted by molar-refractivity contribution is 5.95. The molecule has 13 heavy (non-hydrogen) atoms. The number of carboxylic acids is 1. The van der Waals surface area contributed by atoms with Gasteiger partial charge in [0, 0.05) is 12.6 Å². The Bertz CT molecular complexity index is 339. The molecule has 0 bridgehead atoms. The van der Waals surface area contributed by atoms with Crippen molar-refractivity contribution in [3.05, 3.63) is 29.1 Å². The van der Waals surface area contributed by atoms with E-state index in [0.29, 0.717) is 5.69 Å². The van der Waals surface area contributed by atoms with Crippen LogP contribution in [-0.4, -0.2) is 21.8 Å². The number of carbonyl (C=O) groups excluding carboxylic acids is 1. The van der Waals surface area contributed by atoms with Crippen LogP contribution in [0.3, 0.4) is 0 Å². The quantitative estimate of drug-likeness (QED) is 0.694. The number of nitrogens with zero attached hydrogens (tertiary/aromatic N) is 1. The molecule has 0 saturated heterocycles. The third-order valence-electron chi connectivity index (χ3n) is 1.56. The standard InChI is InChI=1S/C9H9NO3/c1-5-3-7(9(12)13)4-8(10-5)6(2)11/h3-4H,1-2H3,(H,12,13). The van der Waals surface area contributed by atoms with Gasteiger partial charge in [0.1, 0.15) is 5.69 Å². The summed E-state index contributed by atoms with van der Waals surface area (Å²) in [7, 11) is 0. The number of hydrogen-bond acceptors (Lipinski definition) is 3. The Hall–Kier alpha value is -1.71. The van der Waals surface area contributed by atoms with Gasteiger partial charge < -0.3 is 5.11 Å². The number of aromatic nitrogens is 1. The van der Waals surface area contributed by atoms with Crippen molar-refractivity contribution in [1.29, 1.82) is 0 Å². The number of aromatic carboxylic acids is 1. The topological polar surface area (TPSA) is 67.3 Å². The van der Waals surface area contributed by atoms with Crippen molar-refractivity contribution in [2.45, 2.75) is 13.8 Å². The van der Waals surface area contributed by atoms with Crippen molar-refractivity contribution in [2.75, 3.05) is 0 Å². The molecule has 4 heteroatoms. The zero-order valence-corrected chi connectivity index (χ0v) is 7.37. The minimum atomic E-state index is -1.05. The Kier molecular flexibility index (Phi) is 2.41. The summed E-state index contributed by atoms with van der Waals surface area (Å²) >= 11 is 0. The second-order valence-corrected chi connectivity index (χ2v) is 2.74. The lowest BCUT2D eigenvalue weighted by Gasteiger charge is -1.99. The van der Waals surface area contributed by atoms with E-state index in [4.69, 9.17) is 5.11 Å². The van der Waals surface area contributed by atoms with E-state index in [1.807, 2.05) is 0 Å². The molecule has 0 aromatic carbocycles. The molecule has 0 aliphatic heterocycles. The summed E-state index contributed by atoms with van der Waals surface area (Å²) in [5.74, 6) is -1.28. The molecule has 0 atom stereocenters. The number of ketones is 1. The van der Waals surface area contributed by atoms with E-state index in [-0.39, 0.29) is 17.0 Å². The van der Waals surface area contributed by atoms with Crippen molar-refractivity contribution >= 4 is 11.8 Å². The van der Waals surface area contributed by atoms with Gasteiger partial charge in [-0.2, -0.15) is 0 Å². The smallest absolute Gasteiger partial charge is 0.335 e. The Morgan fingerprint density at radius 3 is 2.46 bits per heavy atom. The normalized spacial score (nSPS) is 9.69. The van der Waals surface area contributed by atoms with Crippen LogP contribution in [-0.2, 0) is 0 Å². The van der Waals surface area contributed by atoms with Gasteiger partial charge in [-0.05, 0) is 19.1 Å². The van der Waals surface area contributed by atoms with Crippen LogP contribution >= 0.6 is 0 Å². The molecule has 68 valence electrons. The first kappa shape index (κ1) is 9.38. The second kappa shape index (κ2) is 3.35. The van der Waals surface area contributed by atoms with E-state index in [1.165, 1.54) is 19.1 Å². The maximum atomic E-state index is 10.9. The molecule has 0 fully saturated rings. The summed E-state index contributed by atoms with van der Waals surface area (Å²) in [5.41, 5.74) is 0.820. The summed E-state index contributed by atoms with van der Waals surface area (Å²) < 4.78 is 0. The fraction of sp³-hybridized carbons (Fsp3) is 0.222. The van der Waals surface area contributed by atoms with Crippen molar-refractivity contribution in [2.24, 2.45) is 0 Å². The Morgan fingerprint density at radius 1 is 1.38 bits per heavy atom. The van der Waals surface area contributed by atoms with Crippen LogP contribution in [0.4, 0.5) is 0 Å². The first-order valence-corrected chi connectivity index (χ1v) is 3.73. The lowest BCUT2D eigenvalue weighted by molar-refractivity contribution is 0.0696. The number of pyridine rings is 1. The van der Waals surface area contributed by atoms with Gasteiger partial charge in [0.15, 0.2) is 5.78 Å². The van der Waals surface area contributed by atoms with Crippen LogP contribution in [0.25, 0.3) is 0 Å². The molecule has 0 amide bonds. The molecule has 1 aromatic rings. The molecule has 0 spiro atoms. The number of carboxylic acid groups (broad SMARTS) is 1. The van der Waals surface area contributed by atoms with Gasteiger partial charge in [0.05, 0.1) is 5.56 Å². The van der Waals surface area contributed by atoms with Gasteiger partial charge in [-0.15, -0.1) is 0 Å². The molecule has 0 aliphatic rings. The van der Waals surface area contributed by atoms with Crippen LogP contribution in [0.1, 0.15) is 33.5 Å². The van der Waals surface area contributed by atoms with Crippen molar-refractivity contribution in [3.63, 3.8) is 0 Å². The second-order valence-electron chi connectivity index (χ2n) is 2.74. The van der Waals surface area contributed by atoms with Gasteiger partial charge in [0.2, 0.25) is 0 Å². The number of carbonyl (C=O) groups is 2. The summed E-state index contributed by atoms with van der Waals surface area (Å²) in [4.78, 5) is 25.4. The third-order valence-corrected chi connectivity index (χ3v) is 1.56. The number of rotatable bonds is 2. The Balaban J connectivity index is 3.26. The zero-order chi connectivity index (χ0) is 10.0. The van der Waals surface area contributed by atoms with E-state index >= 15 is 0 Å². The van der Waals surface area contributed by atoms with Crippen LogP contribution < -0.4 is 0 Å². The van der Waals surface area contributed by atoms with E-state index in [2.05, 4.69) is 4.98 Å². The van der Waals surface area contributed by atoms with Crippen molar-refractivity contribution < 1.29 is 14.7 Å². The van der Waals surface area contributed by atoms with E-state index in [1.54, 1.807) is 6.92 Å². The molecular weight excluding hydrogens is 170 g/mol. The van der Waals surface area contributed by atoms with Gasteiger partial charge >= 0.3 is 5.97 Å². The molecule has 1 rings (SSSR count). The van der Waals surface area contributed by atoms with E-state index < -0.39 is 5.97 Å². The lowest BCUT2D eigenvalue weighted by Crippen LogP contribution is -2.04. The fourth-order valence-electron chi connectivity index (χ4n) is 0.972. The number of hydrogen-bond donors (Lipinski definition) is 1. The van der Waals surface area contributed by atoms with Gasteiger partial charge in [-0.25, -0.2) is 9.78 Å². The summed E-state index contributed by atoms with van der Waals surface area (Å²) in [6, 6.07) is 2.70. The molecular formula is C9H9NO3. The minimum Gasteiger partial charge on any atom is -0.478 e. The molecule has 1 N–H and O–H groups in total. The summed E-state index contributed by atoms with van der Waals surface area (Å²) in [5, 5.41) is 8.68. The van der Waals surface area contributed by atoms with Gasteiger partial charge in [0.25, 0.3) is 0 Å². The van der Waals surface area contributed by atoms with Crippen molar-refractivity contribution in [1.82, 2.24) is 4.98 Å². The summed E-state index contributed by atoms with van der Waals surface area (Å²) in [6.45, 7) is 3.01. The lowest BCUT2D eigenvalue weighted by atomic mass is 10.1. The number of Topliss-reactive ketones (excluding diaryl/α,β-unsaturated/α-hetero) is 1. The average Bonchev–Trinajstić information content (AvgIpc) is 2.03. The SMILES string of the molecule is CC(=O)c1cc(C(=O)O)cc(C)n1. The Morgan fingerprint density at radius 2 is 2.00 bits per heavy atom. The summed E-state index contributed by atoms with van der Waals surface area (Å²) in [6.07, 6.45) is 0.